The van der Waals surface area contributed by atoms with Crippen LogP contribution in [0.25, 0.3) is 0 Å². The molecule has 1 unspecified atom stereocenters. The molecule has 0 nitrogen and oxygen atoms in total. The van der Waals surface area contributed by atoms with Crippen molar-refractivity contribution in [3.63, 3.8) is 0 Å². The van der Waals surface area contributed by atoms with E-state index in [2.05, 4.69) is 23.8 Å². The zero-order valence-corrected chi connectivity index (χ0v) is 9.70. The molecule has 0 amide bonds. The van der Waals surface area contributed by atoms with Gasteiger partial charge in [0, 0.05) is 5.88 Å². The van der Waals surface area contributed by atoms with Gasteiger partial charge in [-0.2, -0.15) is 11.3 Å². The van der Waals surface area contributed by atoms with Crippen LogP contribution in [0.3, 0.4) is 0 Å². The summed E-state index contributed by atoms with van der Waals surface area (Å²) in [6.07, 6.45) is 5.05. The quantitative estimate of drug-likeness (QED) is 0.480. The van der Waals surface area contributed by atoms with E-state index in [4.69, 9.17) is 11.6 Å². The molecule has 0 spiro atoms. The molecule has 1 aromatic heterocycles. The van der Waals surface area contributed by atoms with E-state index in [1.54, 1.807) is 11.3 Å². The van der Waals surface area contributed by atoms with Crippen LogP contribution < -0.4 is 0 Å². The first kappa shape index (κ1) is 11.1. The normalized spacial score (nSPS) is 13.1. The smallest absolute Gasteiger partial charge is 0.0223 e. The predicted molar refractivity (Wildman–Crippen MR) is 61.9 cm³/mol. The van der Waals surface area contributed by atoms with Crippen molar-refractivity contribution in [3.8, 4) is 0 Å². The van der Waals surface area contributed by atoms with Crippen molar-refractivity contribution in [2.75, 3.05) is 5.88 Å². The van der Waals surface area contributed by atoms with Crippen LogP contribution in [0.2, 0.25) is 0 Å². The second kappa shape index (κ2) is 6.44. The van der Waals surface area contributed by atoms with Crippen LogP contribution >= 0.6 is 22.9 Å². The Labute approximate surface area is 89.9 Å². The molecule has 13 heavy (non-hydrogen) atoms. The average molecular weight is 217 g/mol. The summed E-state index contributed by atoms with van der Waals surface area (Å²) in [5.74, 6) is 1.54. The molecule has 0 saturated carbocycles. The fourth-order valence-corrected chi connectivity index (χ4v) is 2.42. The maximum absolute atomic E-state index is 5.62. The molecule has 0 aliphatic rings. The first-order valence-electron chi connectivity index (χ1n) is 4.92. The lowest BCUT2D eigenvalue weighted by molar-refractivity contribution is 0.600. The summed E-state index contributed by atoms with van der Waals surface area (Å²) in [7, 11) is 0. The molecule has 0 N–H and O–H groups in total. The minimum absolute atomic E-state index is 0.724. The van der Waals surface area contributed by atoms with Gasteiger partial charge in [-0.1, -0.05) is 19.8 Å². The molecule has 0 aromatic carbocycles. The number of hydrogen-bond donors (Lipinski definition) is 0. The largest absolute Gasteiger partial charge is 0.152 e. The minimum Gasteiger partial charge on any atom is -0.152 e. The number of rotatable bonds is 6. The average Bonchev–Trinajstić information content (AvgIpc) is 2.65. The SMILES string of the molecule is CC(CCCCCCl)c1ccsc1. The highest BCUT2D eigenvalue weighted by atomic mass is 35.5. The molecule has 1 rings (SSSR count). The summed E-state index contributed by atoms with van der Waals surface area (Å²) >= 11 is 7.41. The Balaban J connectivity index is 2.15. The third-order valence-corrected chi connectivity index (χ3v) is 3.35. The fourth-order valence-electron chi connectivity index (χ4n) is 1.44. The third-order valence-electron chi connectivity index (χ3n) is 2.38. The summed E-state index contributed by atoms with van der Waals surface area (Å²) in [5, 5.41) is 4.41. The van der Waals surface area contributed by atoms with Crippen molar-refractivity contribution in [2.24, 2.45) is 0 Å². The Morgan fingerprint density at radius 2 is 2.23 bits per heavy atom. The van der Waals surface area contributed by atoms with E-state index in [9.17, 15) is 0 Å². The third kappa shape index (κ3) is 4.15. The lowest BCUT2D eigenvalue weighted by Crippen LogP contribution is -1.91. The number of hydrogen-bond acceptors (Lipinski definition) is 1. The fraction of sp³-hybridized carbons (Fsp3) is 0.636. The molecule has 0 aliphatic heterocycles. The van der Waals surface area contributed by atoms with Gasteiger partial charge >= 0.3 is 0 Å². The van der Waals surface area contributed by atoms with Crippen LogP contribution in [0.4, 0.5) is 0 Å². The Bertz CT molecular complexity index is 206. The molecule has 0 fully saturated rings. The molecule has 0 saturated heterocycles. The van der Waals surface area contributed by atoms with Gasteiger partial charge in [0.2, 0.25) is 0 Å². The van der Waals surface area contributed by atoms with E-state index in [0.29, 0.717) is 0 Å². The van der Waals surface area contributed by atoms with E-state index in [1.165, 1.54) is 24.8 Å². The first-order chi connectivity index (χ1) is 6.34. The standard InChI is InChI=1S/C11H17ClS/c1-10(5-3-2-4-7-12)11-6-8-13-9-11/h6,8-10H,2-5,7H2,1H3. The van der Waals surface area contributed by atoms with E-state index in [0.717, 1.165) is 18.2 Å². The van der Waals surface area contributed by atoms with Crippen LogP contribution in [0.5, 0.6) is 0 Å². The van der Waals surface area contributed by atoms with E-state index >= 15 is 0 Å². The van der Waals surface area contributed by atoms with Crippen molar-refractivity contribution in [3.05, 3.63) is 22.4 Å². The highest BCUT2D eigenvalue weighted by molar-refractivity contribution is 7.07. The van der Waals surface area contributed by atoms with Crippen LogP contribution in [0, 0.1) is 0 Å². The molecular formula is C11H17ClS. The van der Waals surface area contributed by atoms with Gasteiger partial charge in [0.1, 0.15) is 0 Å². The van der Waals surface area contributed by atoms with Gasteiger partial charge in [-0.15, -0.1) is 11.6 Å². The maximum atomic E-state index is 5.62. The Morgan fingerprint density at radius 1 is 1.38 bits per heavy atom. The second-order valence-electron chi connectivity index (χ2n) is 3.50. The summed E-state index contributed by atoms with van der Waals surface area (Å²) in [5.41, 5.74) is 1.50. The summed E-state index contributed by atoms with van der Waals surface area (Å²) in [4.78, 5) is 0. The summed E-state index contributed by atoms with van der Waals surface area (Å²) in [6, 6.07) is 2.23. The van der Waals surface area contributed by atoms with Crippen LogP contribution in [0.1, 0.15) is 44.1 Å². The van der Waals surface area contributed by atoms with Gasteiger partial charge in [0.05, 0.1) is 0 Å². The van der Waals surface area contributed by atoms with Gasteiger partial charge in [-0.3, -0.25) is 0 Å². The lowest BCUT2D eigenvalue weighted by Gasteiger charge is -2.08. The Kier molecular flexibility index (Phi) is 5.49. The number of alkyl halides is 1. The predicted octanol–water partition coefficient (Wildman–Crippen LogP) is 4.65. The van der Waals surface area contributed by atoms with E-state index in [-0.39, 0.29) is 0 Å². The first-order valence-corrected chi connectivity index (χ1v) is 6.40. The van der Waals surface area contributed by atoms with Crippen molar-refractivity contribution < 1.29 is 0 Å². The topological polar surface area (TPSA) is 0 Å². The Morgan fingerprint density at radius 3 is 2.85 bits per heavy atom. The van der Waals surface area contributed by atoms with Crippen molar-refractivity contribution in [1.82, 2.24) is 0 Å². The van der Waals surface area contributed by atoms with Crippen LogP contribution in [-0.2, 0) is 0 Å². The van der Waals surface area contributed by atoms with E-state index < -0.39 is 0 Å². The van der Waals surface area contributed by atoms with Crippen molar-refractivity contribution in [2.45, 2.75) is 38.5 Å². The molecule has 0 bridgehead atoms. The molecule has 0 radical (unpaired) electrons. The molecule has 1 aromatic rings. The monoisotopic (exact) mass is 216 g/mol. The van der Waals surface area contributed by atoms with E-state index in [1.807, 2.05) is 0 Å². The molecule has 2 heteroatoms. The maximum Gasteiger partial charge on any atom is 0.0223 e. The zero-order valence-electron chi connectivity index (χ0n) is 8.13. The molecule has 0 aliphatic carbocycles. The van der Waals surface area contributed by atoms with Gasteiger partial charge in [-0.25, -0.2) is 0 Å². The molecular weight excluding hydrogens is 200 g/mol. The molecule has 1 atom stereocenters. The number of halogens is 1. The van der Waals surface area contributed by atoms with Gasteiger partial charge < -0.3 is 0 Å². The minimum atomic E-state index is 0.724. The van der Waals surface area contributed by atoms with Crippen LogP contribution in [0.15, 0.2) is 16.8 Å². The van der Waals surface area contributed by atoms with Crippen molar-refractivity contribution >= 4 is 22.9 Å². The second-order valence-corrected chi connectivity index (χ2v) is 4.65. The lowest BCUT2D eigenvalue weighted by atomic mass is 9.98. The van der Waals surface area contributed by atoms with Gasteiger partial charge in [-0.05, 0) is 41.1 Å². The summed E-state index contributed by atoms with van der Waals surface area (Å²) < 4.78 is 0. The highest BCUT2D eigenvalue weighted by Gasteiger charge is 2.04. The summed E-state index contributed by atoms with van der Waals surface area (Å²) in [6.45, 7) is 2.31. The Hall–Kier alpha value is -0.0100. The van der Waals surface area contributed by atoms with Gasteiger partial charge in [0.15, 0.2) is 0 Å². The van der Waals surface area contributed by atoms with Crippen molar-refractivity contribution in [1.29, 1.82) is 0 Å². The molecule has 1 heterocycles. The van der Waals surface area contributed by atoms with Gasteiger partial charge in [0.25, 0.3) is 0 Å². The molecule has 74 valence electrons. The number of unbranched alkanes of at least 4 members (excludes halogenated alkanes) is 2. The highest BCUT2D eigenvalue weighted by Crippen LogP contribution is 2.23. The zero-order chi connectivity index (χ0) is 9.52. The van der Waals surface area contributed by atoms with Crippen LogP contribution in [-0.4, -0.2) is 5.88 Å². The number of thiophene rings is 1.